The van der Waals surface area contributed by atoms with Crippen molar-refractivity contribution < 1.29 is 13.2 Å². The lowest BCUT2D eigenvalue weighted by Gasteiger charge is -2.34. The molecule has 31 heavy (non-hydrogen) atoms. The summed E-state index contributed by atoms with van der Waals surface area (Å²) in [4.78, 5) is 17.1. The van der Waals surface area contributed by atoms with E-state index in [4.69, 9.17) is 5.26 Å². The molecule has 0 aliphatic carbocycles. The van der Waals surface area contributed by atoms with Crippen LogP contribution in [0, 0.1) is 11.3 Å². The monoisotopic (exact) mass is 440 g/mol. The molecule has 1 N–H and O–H groups in total. The molecule has 0 unspecified atom stereocenters. The Morgan fingerprint density at radius 3 is 2.10 bits per heavy atom. The summed E-state index contributed by atoms with van der Waals surface area (Å²) in [6.07, 6.45) is 0. The molecule has 1 aliphatic heterocycles. The Hall–Kier alpha value is -2.73. The van der Waals surface area contributed by atoms with E-state index in [9.17, 15) is 13.2 Å². The van der Waals surface area contributed by atoms with Gasteiger partial charge in [0.2, 0.25) is 10.0 Å². The van der Waals surface area contributed by atoms with E-state index in [1.807, 2.05) is 24.3 Å². The van der Waals surface area contributed by atoms with Crippen LogP contribution in [0.1, 0.15) is 42.3 Å². The van der Waals surface area contributed by atoms with Crippen LogP contribution in [0.25, 0.3) is 0 Å². The fourth-order valence-corrected chi connectivity index (χ4v) is 4.89. The largest absolute Gasteiger partial charge is 0.336 e. The highest BCUT2D eigenvalue weighted by molar-refractivity contribution is 7.89. The van der Waals surface area contributed by atoms with Gasteiger partial charge in [0.15, 0.2) is 0 Å². The molecule has 0 aromatic heterocycles. The van der Waals surface area contributed by atoms with E-state index in [-0.39, 0.29) is 10.8 Å². The van der Waals surface area contributed by atoms with Crippen molar-refractivity contribution in [2.45, 2.75) is 37.8 Å². The lowest BCUT2D eigenvalue weighted by atomic mass is 10.1. The summed E-state index contributed by atoms with van der Waals surface area (Å²) in [5, 5.41) is 8.89. The lowest BCUT2D eigenvalue weighted by Crippen LogP contribution is -2.48. The first kappa shape index (κ1) is 22.9. The van der Waals surface area contributed by atoms with Gasteiger partial charge in [0.1, 0.15) is 0 Å². The van der Waals surface area contributed by atoms with Gasteiger partial charge in [0, 0.05) is 43.8 Å². The molecule has 1 heterocycles. The summed E-state index contributed by atoms with van der Waals surface area (Å²) >= 11 is 0. The first-order chi connectivity index (χ1) is 14.6. The second kappa shape index (κ2) is 9.18. The molecule has 3 rings (SSSR count). The van der Waals surface area contributed by atoms with Crippen LogP contribution in [0.2, 0.25) is 0 Å². The summed E-state index contributed by atoms with van der Waals surface area (Å²) in [5.74, 6) is -0.0919. The molecule has 0 radical (unpaired) electrons. The van der Waals surface area contributed by atoms with Crippen LogP contribution in [-0.4, -0.2) is 55.8 Å². The van der Waals surface area contributed by atoms with Crippen molar-refractivity contribution in [1.29, 1.82) is 5.26 Å². The third-order valence-electron chi connectivity index (χ3n) is 5.00. The van der Waals surface area contributed by atoms with Crippen LogP contribution >= 0.6 is 0 Å². The number of hydrogen-bond acceptors (Lipinski definition) is 5. The number of rotatable bonds is 5. The van der Waals surface area contributed by atoms with Gasteiger partial charge < -0.3 is 4.90 Å². The number of nitriles is 1. The highest BCUT2D eigenvalue weighted by atomic mass is 32.2. The van der Waals surface area contributed by atoms with Gasteiger partial charge in [-0.05, 0) is 62.7 Å². The van der Waals surface area contributed by atoms with Gasteiger partial charge in [-0.2, -0.15) is 5.26 Å². The highest BCUT2D eigenvalue weighted by Gasteiger charge is 2.24. The van der Waals surface area contributed by atoms with Gasteiger partial charge in [-0.3, -0.25) is 9.69 Å². The number of piperazine rings is 1. The van der Waals surface area contributed by atoms with Gasteiger partial charge in [-0.15, -0.1) is 0 Å². The molecule has 7 nitrogen and oxygen atoms in total. The topological polar surface area (TPSA) is 93.5 Å². The second-order valence-corrected chi connectivity index (χ2v) is 10.4. The summed E-state index contributed by atoms with van der Waals surface area (Å²) in [6.45, 7) is 8.86. The van der Waals surface area contributed by atoms with Crippen LogP contribution in [0.5, 0.6) is 0 Å². The summed E-state index contributed by atoms with van der Waals surface area (Å²) in [6, 6.07) is 15.8. The number of nitrogens with zero attached hydrogens (tertiary/aromatic N) is 3. The predicted molar refractivity (Wildman–Crippen MR) is 119 cm³/mol. The average molecular weight is 441 g/mol. The number of nitrogens with one attached hydrogen (secondary N) is 1. The van der Waals surface area contributed by atoms with Gasteiger partial charge >= 0.3 is 0 Å². The van der Waals surface area contributed by atoms with Crippen molar-refractivity contribution >= 4 is 15.9 Å². The third kappa shape index (κ3) is 6.14. The molecule has 2 aromatic carbocycles. The zero-order valence-electron chi connectivity index (χ0n) is 18.1. The first-order valence-electron chi connectivity index (χ1n) is 10.2. The zero-order chi connectivity index (χ0) is 22.6. The fourth-order valence-electron chi connectivity index (χ4n) is 3.47. The molecule has 1 aliphatic rings. The number of benzene rings is 2. The van der Waals surface area contributed by atoms with E-state index in [0.29, 0.717) is 24.2 Å². The van der Waals surface area contributed by atoms with E-state index in [0.717, 1.165) is 25.2 Å². The maximum absolute atomic E-state index is 12.8. The summed E-state index contributed by atoms with van der Waals surface area (Å²) in [7, 11) is -3.63. The Kier molecular flexibility index (Phi) is 6.80. The zero-order valence-corrected chi connectivity index (χ0v) is 18.9. The van der Waals surface area contributed by atoms with Crippen LogP contribution in [0.4, 0.5) is 0 Å². The Morgan fingerprint density at radius 1 is 1.00 bits per heavy atom. The van der Waals surface area contributed by atoms with Crippen LogP contribution in [-0.2, 0) is 16.6 Å². The van der Waals surface area contributed by atoms with Crippen molar-refractivity contribution in [3.8, 4) is 6.07 Å². The molecule has 8 heteroatoms. The minimum Gasteiger partial charge on any atom is -0.336 e. The van der Waals surface area contributed by atoms with Crippen molar-refractivity contribution in [3.05, 3.63) is 65.2 Å². The van der Waals surface area contributed by atoms with Crippen LogP contribution in [0.3, 0.4) is 0 Å². The minimum absolute atomic E-state index is 0.0919. The molecule has 1 amide bonds. The second-order valence-electron chi connectivity index (χ2n) is 8.76. The molecule has 0 bridgehead atoms. The van der Waals surface area contributed by atoms with E-state index < -0.39 is 15.6 Å². The Bertz CT molecular complexity index is 1060. The van der Waals surface area contributed by atoms with Gasteiger partial charge in [0.25, 0.3) is 5.91 Å². The number of amides is 1. The van der Waals surface area contributed by atoms with E-state index in [1.165, 1.54) is 12.1 Å². The molecule has 164 valence electrons. The normalized spacial score (nSPS) is 15.5. The molecule has 0 saturated carbocycles. The molecule has 0 atom stereocenters. The highest BCUT2D eigenvalue weighted by Crippen LogP contribution is 2.16. The lowest BCUT2D eigenvalue weighted by molar-refractivity contribution is 0.0628. The SMILES string of the molecule is CC(C)(C)NS(=O)(=O)c1ccc(C(=O)N2CCN(Cc3ccc(C#N)cc3)CC2)cc1. The van der Waals surface area contributed by atoms with Crippen LogP contribution in [0.15, 0.2) is 53.4 Å². The maximum atomic E-state index is 12.8. The smallest absolute Gasteiger partial charge is 0.253 e. The van der Waals surface area contributed by atoms with Crippen molar-refractivity contribution in [3.63, 3.8) is 0 Å². The summed E-state index contributed by atoms with van der Waals surface area (Å²) in [5.41, 5.74) is 1.69. The number of hydrogen-bond donors (Lipinski definition) is 1. The molecule has 2 aromatic rings. The number of carbonyl (C=O) groups is 1. The molecular formula is C23H28N4O3S. The Labute approximate surface area is 184 Å². The molecule has 0 spiro atoms. The van der Waals surface area contributed by atoms with Gasteiger partial charge in [-0.1, -0.05) is 12.1 Å². The minimum atomic E-state index is -3.63. The van der Waals surface area contributed by atoms with Crippen molar-refractivity contribution in [2.75, 3.05) is 26.2 Å². The Morgan fingerprint density at radius 2 is 1.58 bits per heavy atom. The molecule has 1 saturated heterocycles. The predicted octanol–water partition coefficient (Wildman–Crippen LogP) is 2.59. The standard InChI is InChI=1S/C23H28N4O3S/c1-23(2,3)25-31(29,30)21-10-8-20(9-11-21)22(28)27-14-12-26(13-15-27)17-19-6-4-18(16-24)5-7-19/h4-11,25H,12-15,17H2,1-3H3. The number of carbonyl (C=O) groups excluding carboxylic acids is 1. The van der Waals surface area contributed by atoms with Gasteiger partial charge in [0.05, 0.1) is 16.5 Å². The number of sulfonamides is 1. The average Bonchev–Trinajstić information content (AvgIpc) is 2.73. The van der Waals surface area contributed by atoms with Crippen molar-refractivity contribution in [2.24, 2.45) is 0 Å². The van der Waals surface area contributed by atoms with E-state index in [2.05, 4.69) is 15.7 Å². The van der Waals surface area contributed by atoms with Gasteiger partial charge in [-0.25, -0.2) is 13.1 Å². The fraction of sp³-hybridized carbons (Fsp3) is 0.391. The molecular weight excluding hydrogens is 412 g/mol. The third-order valence-corrected chi connectivity index (χ3v) is 6.77. The Balaban J connectivity index is 1.57. The van der Waals surface area contributed by atoms with Crippen LogP contribution < -0.4 is 4.72 Å². The first-order valence-corrected chi connectivity index (χ1v) is 11.7. The quantitative estimate of drug-likeness (QED) is 0.771. The molecule has 1 fully saturated rings. The maximum Gasteiger partial charge on any atom is 0.253 e. The van der Waals surface area contributed by atoms with Crippen molar-refractivity contribution in [1.82, 2.24) is 14.5 Å². The van der Waals surface area contributed by atoms with E-state index in [1.54, 1.807) is 37.8 Å². The summed E-state index contributed by atoms with van der Waals surface area (Å²) < 4.78 is 27.5. The van der Waals surface area contributed by atoms with E-state index >= 15 is 0 Å².